The molecule has 0 aliphatic heterocycles. The third kappa shape index (κ3) is 2.54. The van der Waals surface area contributed by atoms with Crippen molar-refractivity contribution in [3.05, 3.63) is 57.9 Å². The fourth-order valence-corrected chi connectivity index (χ4v) is 2.27. The fraction of sp³-hybridized carbons (Fsp3) is 0.200. The zero-order valence-electron chi connectivity index (χ0n) is 10.8. The molecule has 0 spiro atoms. The van der Waals surface area contributed by atoms with E-state index < -0.39 is 0 Å². The SMILES string of the molecule is Cc1cc(CC#N)n(C)c1C(=O)c1ccc(Cl)cc1. The summed E-state index contributed by atoms with van der Waals surface area (Å²) in [5.74, 6) is -0.0548. The van der Waals surface area contributed by atoms with E-state index in [0.717, 1.165) is 11.3 Å². The summed E-state index contributed by atoms with van der Waals surface area (Å²) in [6, 6.07) is 10.8. The molecule has 0 saturated heterocycles. The van der Waals surface area contributed by atoms with Crippen LogP contribution in [0.4, 0.5) is 0 Å². The van der Waals surface area contributed by atoms with Crippen molar-refractivity contribution in [3.8, 4) is 6.07 Å². The average molecular weight is 273 g/mol. The van der Waals surface area contributed by atoms with Crippen LogP contribution in [0.2, 0.25) is 5.02 Å². The lowest BCUT2D eigenvalue weighted by atomic mass is 10.1. The summed E-state index contributed by atoms with van der Waals surface area (Å²) in [5, 5.41) is 9.37. The standard InChI is InChI=1S/C15H13ClN2O/c1-10-9-13(7-8-17)18(2)14(10)15(19)11-3-5-12(16)6-4-11/h3-6,9H,7H2,1-2H3. The number of carbonyl (C=O) groups excluding carboxylic acids is 1. The molecule has 0 saturated carbocycles. The molecule has 0 bridgehead atoms. The Kier molecular flexibility index (Phi) is 3.73. The van der Waals surface area contributed by atoms with Gasteiger partial charge in [-0.15, -0.1) is 0 Å². The summed E-state index contributed by atoms with van der Waals surface area (Å²) in [7, 11) is 1.81. The summed E-state index contributed by atoms with van der Waals surface area (Å²) in [6.45, 7) is 1.88. The minimum absolute atomic E-state index is 0.0548. The first-order valence-corrected chi connectivity index (χ1v) is 6.24. The van der Waals surface area contributed by atoms with E-state index in [1.807, 2.05) is 20.0 Å². The van der Waals surface area contributed by atoms with Crippen LogP contribution in [0, 0.1) is 18.3 Å². The van der Waals surface area contributed by atoms with E-state index in [2.05, 4.69) is 6.07 Å². The molecule has 2 rings (SSSR count). The van der Waals surface area contributed by atoms with Crippen molar-refractivity contribution in [1.29, 1.82) is 5.26 Å². The Labute approximate surface area is 117 Å². The molecule has 0 aliphatic rings. The third-order valence-corrected chi connectivity index (χ3v) is 3.36. The summed E-state index contributed by atoms with van der Waals surface area (Å²) >= 11 is 5.82. The smallest absolute Gasteiger partial charge is 0.209 e. The minimum Gasteiger partial charge on any atom is -0.344 e. The summed E-state index contributed by atoms with van der Waals surface area (Å²) in [6.07, 6.45) is 0.297. The number of nitrogens with zero attached hydrogens (tertiary/aromatic N) is 2. The molecular formula is C15H13ClN2O. The lowest BCUT2D eigenvalue weighted by molar-refractivity contribution is 0.103. The van der Waals surface area contributed by atoms with Crippen LogP contribution in [0.15, 0.2) is 30.3 Å². The van der Waals surface area contributed by atoms with Crippen LogP contribution in [-0.2, 0) is 13.5 Å². The molecule has 96 valence electrons. The van der Waals surface area contributed by atoms with Crippen molar-refractivity contribution in [2.45, 2.75) is 13.3 Å². The van der Waals surface area contributed by atoms with Crippen molar-refractivity contribution >= 4 is 17.4 Å². The van der Waals surface area contributed by atoms with Gasteiger partial charge in [0.2, 0.25) is 5.78 Å². The quantitative estimate of drug-likeness (QED) is 0.805. The van der Waals surface area contributed by atoms with Gasteiger partial charge in [0.15, 0.2) is 0 Å². The van der Waals surface area contributed by atoms with Gasteiger partial charge in [-0.25, -0.2) is 0 Å². The molecule has 1 aromatic carbocycles. The summed E-state index contributed by atoms with van der Waals surface area (Å²) < 4.78 is 1.79. The normalized spacial score (nSPS) is 10.2. The Morgan fingerprint density at radius 1 is 1.37 bits per heavy atom. The number of rotatable bonds is 3. The predicted octanol–water partition coefficient (Wildman–Crippen LogP) is 3.28. The average Bonchev–Trinajstić information content (AvgIpc) is 2.65. The number of hydrogen-bond donors (Lipinski definition) is 0. The van der Waals surface area contributed by atoms with Gasteiger partial charge in [-0.1, -0.05) is 11.6 Å². The molecule has 0 atom stereocenters. The van der Waals surface area contributed by atoms with E-state index in [9.17, 15) is 4.79 Å². The first kappa shape index (κ1) is 13.4. The van der Waals surface area contributed by atoms with Gasteiger partial charge >= 0.3 is 0 Å². The number of aryl methyl sites for hydroxylation is 1. The molecule has 19 heavy (non-hydrogen) atoms. The maximum atomic E-state index is 12.5. The number of halogens is 1. The second-order valence-electron chi connectivity index (χ2n) is 4.40. The number of nitriles is 1. The predicted molar refractivity (Wildman–Crippen MR) is 74.4 cm³/mol. The van der Waals surface area contributed by atoms with Crippen LogP contribution >= 0.6 is 11.6 Å². The van der Waals surface area contributed by atoms with Crippen molar-refractivity contribution in [3.63, 3.8) is 0 Å². The molecule has 0 N–H and O–H groups in total. The van der Waals surface area contributed by atoms with Crippen LogP contribution in [-0.4, -0.2) is 10.4 Å². The van der Waals surface area contributed by atoms with Crippen molar-refractivity contribution in [1.82, 2.24) is 4.57 Å². The van der Waals surface area contributed by atoms with E-state index in [1.54, 1.807) is 28.8 Å². The Morgan fingerprint density at radius 2 is 2.00 bits per heavy atom. The van der Waals surface area contributed by atoms with Crippen molar-refractivity contribution in [2.75, 3.05) is 0 Å². The summed E-state index contributed by atoms with van der Waals surface area (Å²) in [5.41, 5.74) is 2.94. The first-order chi connectivity index (χ1) is 9.04. The van der Waals surface area contributed by atoms with Gasteiger partial charge in [-0.2, -0.15) is 5.26 Å². The van der Waals surface area contributed by atoms with Gasteiger partial charge in [0, 0.05) is 23.3 Å². The van der Waals surface area contributed by atoms with Gasteiger partial charge in [0.05, 0.1) is 18.2 Å². The molecular weight excluding hydrogens is 260 g/mol. The van der Waals surface area contributed by atoms with E-state index >= 15 is 0 Å². The molecule has 0 aliphatic carbocycles. The highest BCUT2D eigenvalue weighted by Crippen LogP contribution is 2.19. The number of aromatic nitrogens is 1. The molecule has 0 fully saturated rings. The van der Waals surface area contributed by atoms with Crippen LogP contribution in [0.5, 0.6) is 0 Å². The van der Waals surface area contributed by atoms with E-state index in [0.29, 0.717) is 22.7 Å². The lowest BCUT2D eigenvalue weighted by Crippen LogP contribution is -2.10. The molecule has 3 nitrogen and oxygen atoms in total. The van der Waals surface area contributed by atoms with Crippen molar-refractivity contribution < 1.29 is 4.79 Å². The second-order valence-corrected chi connectivity index (χ2v) is 4.83. The van der Waals surface area contributed by atoms with Gasteiger partial charge in [0.1, 0.15) is 0 Å². The maximum Gasteiger partial charge on any atom is 0.209 e. The number of ketones is 1. The fourth-order valence-electron chi connectivity index (χ4n) is 2.14. The van der Waals surface area contributed by atoms with Crippen molar-refractivity contribution in [2.24, 2.45) is 7.05 Å². The molecule has 0 amide bonds. The van der Waals surface area contributed by atoms with Crippen LogP contribution < -0.4 is 0 Å². The highest BCUT2D eigenvalue weighted by Gasteiger charge is 2.18. The van der Waals surface area contributed by atoms with Gasteiger partial charge in [0.25, 0.3) is 0 Å². The van der Waals surface area contributed by atoms with Crippen LogP contribution in [0.1, 0.15) is 27.3 Å². The zero-order valence-corrected chi connectivity index (χ0v) is 11.5. The molecule has 0 unspecified atom stereocenters. The first-order valence-electron chi connectivity index (χ1n) is 5.87. The highest BCUT2D eigenvalue weighted by molar-refractivity contribution is 6.30. The summed E-state index contributed by atoms with van der Waals surface area (Å²) in [4.78, 5) is 12.5. The van der Waals surface area contributed by atoms with Crippen LogP contribution in [0.25, 0.3) is 0 Å². The molecule has 2 aromatic rings. The largest absolute Gasteiger partial charge is 0.344 e. The van der Waals surface area contributed by atoms with Gasteiger partial charge in [-0.05, 0) is 42.8 Å². The Morgan fingerprint density at radius 3 is 2.58 bits per heavy atom. The lowest BCUT2D eigenvalue weighted by Gasteiger charge is -2.06. The van der Waals surface area contributed by atoms with Gasteiger partial charge in [-0.3, -0.25) is 4.79 Å². The molecule has 0 radical (unpaired) electrons. The van der Waals surface area contributed by atoms with Gasteiger partial charge < -0.3 is 4.57 Å². The molecule has 1 heterocycles. The Balaban J connectivity index is 2.45. The monoisotopic (exact) mass is 272 g/mol. The Bertz CT molecular complexity index is 663. The maximum absolute atomic E-state index is 12.5. The number of hydrogen-bond acceptors (Lipinski definition) is 2. The zero-order chi connectivity index (χ0) is 14.0. The minimum atomic E-state index is -0.0548. The number of carbonyl (C=O) groups is 1. The third-order valence-electron chi connectivity index (χ3n) is 3.10. The molecule has 1 aromatic heterocycles. The topological polar surface area (TPSA) is 45.8 Å². The van der Waals surface area contributed by atoms with Crippen LogP contribution in [0.3, 0.4) is 0 Å². The Hall–Kier alpha value is -2.05. The number of benzene rings is 1. The molecule has 4 heteroatoms. The van der Waals surface area contributed by atoms with E-state index in [-0.39, 0.29) is 5.78 Å². The second kappa shape index (κ2) is 5.29. The highest BCUT2D eigenvalue weighted by atomic mass is 35.5. The van der Waals surface area contributed by atoms with E-state index in [4.69, 9.17) is 16.9 Å². The van der Waals surface area contributed by atoms with E-state index in [1.165, 1.54) is 0 Å².